The summed E-state index contributed by atoms with van der Waals surface area (Å²) in [5, 5.41) is 19.3. The molecule has 196 valence electrons. The van der Waals surface area contributed by atoms with Crippen molar-refractivity contribution in [3.05, 3.63) is 0 Å². The molecule has 0 heterocycles. The zero-order valence-electron chi connectivity index (χ0n) is 22.1. The molecule has 0 aromatic carbocycles. The fourth-order valence-corrected chi connectivity index (χ4v) is 3.24. The molecular formula is C26H52O6Sn. The number of unbranched alkanes of at least 4 members (excludes halogenated alkanes) is 16. The van der Waals surface area contributed by atoms with E-state index in [2.05, 4.69) is 33.5 Å². The summed E-state index contributed by atoms with van der Waals surface area (Å²) in [4.78, 5) is 32.2. The zero-order valence-corrected chi connectivity index (χ0v) is 24.9. The Morgan fingerprint density at radius 1 is 0.515 bits per heavy atom. The summed E-state index contributed by atoms with van der Waals surface area (Å²) in [6, 6.07) is 0. The van der Waals surface area contributed by atoms with Crippen LogP contribution in [0, 0.1) is 0 Å². The fourth-order valence-electron chi connectivity index (χ4n) is 3.24. The van der Waals surface area contributed by atoms with Gasteiger partial charge in [-0.3, -0.25) is 9.59 Å². The Hall–Kier alpha value is -0.341. The molecule has 7 heteroatoms. The van der Waals surface area contributed by atoms with Crippen LogP contribution < -0.4 is 10.5 Å². The summed E-state index contributed by atoms with van der Waals surface area (Å²) in [5.41, 5.74) is 0. The average Bonchev–Trinajstić information content (AvgIpc) is 2.82. The molecule has 0 unspecified atom stereocenters. The van der Waals surface area contributed by atoms with E-state index in [-0.39, 0.29) is 34.0 Å². The molecule has 0 aliphatic rings. The van der Waals surface area contributed by atoms with Gasteiger partial charge in [0.05, 0.1) is 0 Å². The number of hydrogen-bond acceptors (Lipinski definition) is 6. The average molecular weight is 579 g/mol. The summed E-state index contributed by atoms with van der Waals surface area (Å²) in [7, 11) is 0. The third-order valence-electron chi connectivity index (χ3n) is 5.15. The molecule has 0 bridgehead atoms. The van der Waals surface area contributed by atoms with Crippen molar-refractivity contribution in [3.8, 4) is 0 Å². The van der Waals surface area contributed by atoms with E-state index in [0.29, 0.717) is 0 Å². The molecule has 0 fully saturated rings. The van der Waals surface area contributed by atoms with E-state index in [1.165, 1.54) is 77.0 Å². The molecule has 0 N–H and O–H groups in total. The molecule has 0 rings (SSSR count). The standard InChI is InChI=1S/2C12H24O3.2CH3.Sn/c2*1-2-3-4-5-6-7-8-9-10-11-12(13)15-14;;;/h2*14H,2-11H2,1H3;2*1H3;/q;;;;+2/p-2. The van der Waals surface area contributed by atoms with Crippen LogP contribution in [0.25, 0.3) is 0 Å². The van der Waals surface area contributed by atoms with Gasteiger partial charge in [-0.1, -0.05) is 117 Å². The summed E-state index contributed by atoms with van der Waals surface area (Å²) < 4.78 is 0. The van der Waals surface area contributed by atoms with Gasteiger partial charge >= 0.3 is 31.0 Å². The van der Waals surface area contributed by atoms with E-state index in [1.807, 2.05) is 0 Å². The van der Waals surface area contributed by atoms with Crippen LogP contribution >= 0.6 is 0 Å². The second-order valence-corrected chi connectivity index (χ2v) is 11.4. The summed E-state index contributed by atoms with van der Waals surface area (Å²) >= 11 is 0.230. The molecule has 6 nitrogen and oxygen atoms in total. The Bertz CT molecular complexity index is 346. The van der Waals surface area contributed by atoms with Crippen molar-refractivity contribution >= 4 is 33.1 Å². The second kappa shape index (κ2) is 36.2. The summed E-state index contributed by atoms with van der Waals surface area (Å²) in [5.74, 6) is -1.25. The van der Waals surface area contributed by atoms with Crippen LogP contribution in [0.4, 0.5) is 0 Å². The first kappa shape index (κ1) is 37.2. The van der Waals surface area contributed by atoms with Gasteiger partial charge in [0, 0.05) is 12.8 Å². The van der Waals surface area contributed by atoms with Gasteiger partial charge in [-0.25, -0.2) is 0 Å². The first-order chi connectivity index (χ1) is 16.0. The molecule has 0 saturated carbocycles. The van der Waals surface area contributed by atoms with E-state index in [4.69, 9.17) is 0 Å². The van der Waals surface area contributed by atoms with Crippen LogP contribution in [0.15, 0.2) is 0 Å². The molecule has 0 amide bonds. The fraction of sp³-hybridized carbons (Fsp3) is 0.923. The van der Waals surface area contributed by atoms with Gasteiger partial charge < -0.3 is 20.3 Å². The molecule has 0 saturated heterocycles. The van der Waals surface area contributed by atoms with Gasteiger partial charge in [-0.2, -0.15) is 0 Å². The van der Waals surface area contributed by atoms with Crippen LogP contribution in [-0.2, 0) is 19.4 Å². The topological polar surface area (TPSA) is 98.7 Å². The van der Waals surface area contributed by atoms with Crippen LogP contribution in [0.3, 0.4) is 0 Å². The van der Waals surface area contributed by atoms with Crippen LogP contribution in [0.1, 0.15) is 142 Å². The van der Waals surface area contributed by atoms with Crippen molar-refractivity contribution in [2.45, 2.75) is 152 Å². The monoisotopic (exact) mass is 580 g/mol. The van der Waals surface area contributed by atoms with Gasteiger partial charge in [0.1, 0.15) is 0 Å². The van der Waals surface area contributed by atoms with Gasteiger partial charge in [-0.05, 0) is 12.8 Å². The molecule has 0 aliphatic carbocycles. The molecule has 33 heavy (non-hydrogen) atoms. The SMILES string of the molecule is CCCCCCCCCCCC(=O)O[O-].CCCCCCCCCCCC(=O)O[O-].[CH3][Sn+2][CH3]. The van der Waals surface area contributed by atoms with Crippen molar-refractivity contribution < 1.29 is 29.9 Å². The molecule has 0 spiro atoms. The molecule has 0 atom stereocenters. The predicted molar refractivity (Wildman–Crippen MR) is 133 cm³/mol. The Balaban J connectivity index is -0.000000487. The molecule has 0 aliphatic heterocycles. The molecule has 0 aromatic heterocycles. The van der Waals surface area contributed by atoms with Gasteiger partial charge in [0.2, 0.25) is 0 Å². The first-order valence-corrected chi connectivity index (χ1v) is 19.0. The van der Waals surface area contributed by atoms with Gasteiger partial charge in [-0.15, -0.1) is 0 Å². The Morgan fingerprint density at radius 3 is 0.939 bits per heavy atom. The van der Waals surface area contributed by atoms with Crippen LogP contribution in [-0.4, -0.2) is 33.1 Å². The van der Waals surface area contributed by atoms with Crippen LogP contribution in [0.2, 0.25) is 9.88 Å². The minimum absolute atomic E-state index is 0.230. The van der Waals surface area contributed by atoms with Crippen molar-refractivity contribution in [2.24, 2.45) is 0 Å². The Morgan fingerprint density at radius 2 is 0.727 bits per heavy atom. The quantitative estimate of drug-likeness (QED) is 0.0733. The molecular weight excluding hydrogens is 527 g/mol. The number of carbonyl (C=O) groups is 2. The van der Waals surface area contributed by atoms with Crippen LogP contribution in [0.5, 0.6) is 0 Å². The second-order valence-electron chi connectivity index (χ2n) is 8.57. The Labute approximate surface area is 214 Å². The van der Waals surface area contributed by atoms with Crippen molar-refractivity contribution in [3.63, 3.8) is 0 Å². The van der Waals surface area contributed by atoms with E-state index in [0.717, 1.165) is 38.5 Å². The third-order valence-corrected chi connectivity index (χ3v) is 5.15. The van der Waals surface area contributed by atoms with E-state index >= 15 is 0 Å². The maximum atomic E-state index is 10.5. The molecule has 0 radical (unpaired) electrons. The summed E-state index contributed by atoms with van der Waals surface area (Å²) in [6.07, 6.45) is 22.2. The zero-order chi connectivity index (χ0) is 25.4. The van der Waals surface area contributed by atoms with Crippen molar-refractivity contribution in [2.75, 3.05) is 0 Å². The van der Waals surface area contributed by atoms with E-state index in [9.17, 15) is 20.1 Å². The minimum atomic E-state index is -0.627. The number of rotatable bonds is 20. The van der Waals surface area contributed by atoms with Gasteiger partial charge in [0.15, 0.2) is 0 Å². The number of carbonyl (C=O) groups excluding carboxylic acids is 2. The van der Waals surface area contributed by atoms with Crippen molar-refractivity contribution in [1.29, 1.82) is 0 Å². The summed E-state index contributed by atoms with van der Waals surface area (Å²) in [6.45, 7) is 4.43. The first-order valence-electron chi connectivity index (χ1n) is 13.3. The Kier molecular flexibility index (Phi) is 40.9. The normalized spacial score (nSPS) is 9.64. The maximum absolute atomic E-state index is 10.5. The number of hydrogen-bond donors (Lipinski definition) is 0. The molecule has 0 aromatic rings. The predicted octanol–water partition coefficient (Wildman–Crippen LogP) is 6.24. The van der Waals surface area contributed by atoms with Gasteiger partial charge in [0.25, 0.3) is 11.9 Å². The van der Waals surface area contributed by atoms with E-state index < -0.39 is 11.9 Å². The third kappa shape index (κ3) is 42.3. The van der Waals surface area contributed by atoms with Crippen molar-refractivity contribution in [1.82, 2.24) is 0 Å². The van der Waals surface area contributed by atoms with E-state index in [1.54, 1.807) is 0 Å².